The number of amides is 2. The Morgan fingerprint density at radius 3 is 2.30 bits per heavy atom. The van der Waals surface area contributed by atoms with Crippen molar-refractivity contribution < 1.29 is 14.7 Å². The van der Waals surface area contributed by atoms with Gasteiger partial charge in [0.15, 0.2) is 0 Å². The van der Waals surface area contributed by atoms with E-state index in [1.54, 1.807) is 0 Å². The minimum Gasteiger partial charge on any atom is -0.481 e. The molecule has 0 aromatic heterocycles. The molecule has 118 valence electrons. The van der Waals surface area contributed by atoms with Crippen LogP contribution in [0.3, 0.4) is 0 Å². The Labute approximate surface area is 122 Å². The highest BCUT2D eigenvalue weighted by Gasteiger charge is 2.25. The number of unbranched alkanes of at least 4 members (excludes halogenated alkanes) is 1. The lowest BCUT2D eigenvalue weighted by atomic mass is 9.84. The van der Waals surface area contributed by atoms with Crippen molar-refractivity contribution in [1.82, 2.24) is 10.6 Å². The van der Waals surface area contributed by atoms with Gasteiger partial charge < -0.3 is 15.7 Å². The van der Waals surface area contributed by atoms with Crippen molar-refractivity contribution in [2.24, 2.45) is 11.3 Å². The predicted molar refractivity (Wildman–Crippen MR) is 80.7 cm³/mol. The van der Waals surface area contributed by atoms with Crippen LogP contribution in [0.15, 0.2) is 0 Å². The Morgan fingerprint density at radius 1 is 1.25 bits per heavy atom. The van der Waals surface area contributed by atoms with Crippen molar-refractivity contribution >= 4 is 12.0 Å². The molecule has 2 atom stereocenters. The molecule has 5 heteroatoms. The molecular formula is C15H30N2O3. The first-order chi connectivity index (χ1) is 9.15. The minimum atomic E-state index is -0.862. The van der Waals surface area contributed by atoms with Gasteiger partial charge in [-0.05, 0) is 25.2 Å². The van der Waals surface area contributed by atoms with Crippen molar-refractivity contribution in [3.63, 3.8) is 0 Å². The zero-order valence-electron chi connectivity index (χ0n) is 13.5. The molecule has 0 aromatic rings. The Balaban J connectivity index is 4.15. The highest BCUT2D eigenvalue weighted by molar-refractivity contribution is 5.76. The number of carboxylic acids is 1. The Morgan fingerprint density at radius 2 is 1.85 bits per heavy atom. The van der Waals surface area contributed by atoms with Crippen molar-refractivity contribution in [1.29, 1.82) is 0 Å². The van der Waals surface area contributed by atoms with Gasteiger partial charge in [-0.3, -0.25) is 4.79 Å². The number of carbonyl (C=O) groups excluding carboxylic acids is 1. The average molecular weight is 286 g/mol. The first kappa shape index (κ1) is 18.7. The number of rotatable bonds is 8. The van der Waals surface area contributed by atoms with Crippen molar-refractivity contribution in [2.45, 2.75) is 66.3 Å². The standard InChI is InChI=1S/C15H30N2O3/c1-6-7-8-11(2)17-14(20)16-10-12(13(18)19)9-15(3,4)5/h11-12H,6-10H2,1-5H3,(H,18,19)(H2,16,17,20). The number of urea groups is 1. The van der Waals surface area contributed by atoms with Gasteiger partial charge in [0, 0.05) is 12.6 Å². The fourth-order valence-electron chi connectivity index (χ4n) is 2.06. The first-order valence-electron chi connectivity index (χ1n) is 7.43. The molecule has 0 heterocycles. The zero-order valence-corrected chi connectivity index (χ0v) is 13.5. The number of carboxylic acid groups (broad SMARTS) is 1. The molecule has 5 nitrogen and oxygen atoms in total. The summed E-state index contributed by atoms with van der Waals surface area (Å²) in [6.07, 6.45) is 3.64. The number of carbonyl (C=O) groups is 2. The molecule has 0 rings (SSSR count). The van der Waals surface area contributed by atoms with Gasteiger partial charge in [-0.15, -0.1) is 0 Å². The van der Waals surface area contributed by atoms with Crippen LogP contribution in [0.2, 0.25) is 0 Å². The summed E-state index contributed by atoms with van der Waals surface area (Å²) in [6, 6.07) is -0.172. The molecule has 0 radical (unpaired) electrons. The highest BCUT2D eigenvalue weighted by atomic mass is 16.4. The largest absolute Gasteiger partial charge is 0.481 e. The van der Waals surface area contributed by atoms with E-state index in [-0.39, 0.29) is 24.0 Å². The molecule has 2 amide bonds. The number of nitrogens with one attached hydrogen (secondary N) is 2. The second kappa shape index (κ2) is 8.82. The summed E-state index contributed by atoms with van der Waals surface area (Å²) >= 11 is 0. The van der Waals surface area contributed by atoms with Gasteiger partial charge in [0.05, 0.1) is 5.92 Å². The molecule has 0 aliphatic rings. The summed E-state index contributed by atoms with van der Waals surface area (Å²) < 4.78 is 0. The van der Waals surface area contributed by atoms with E-state index in [2.05, 4.69) is 17.6 Å². The van der Waals surface area contributed by atoms with E-state index in [1.165, 1.54) is 0 Å². The number of aliphatic carboxylic acids is 1. The van der Waals surface area contributed by atoms with Crippen LogP contribution in [0.5, 0.6) is 0 Å². The lowest BCUT2D eigenvalue weighted by Crippen LogP contribution is -2.44. The van der Waals surface area contributed by atoms with Crippen LogP contribution in [0.25, 0.3) is 0 Å². The van der Waals surface area contributed by atoms with Crippen molar-refractivity contribution in [2.75, 3.05) is 6.54 Å². The van der Waals surface area contributed by atoms with Crippen LogP contribution in [-0.2, 0) is 4.79 Å². The lowest BCUT2D eigenvalue weighted by Gasteiger charge is -2.23. The molecule has 0 aromatic carbocycles. The predicted octanol–water partition coefficient (Wildman–Crippen LogP) is 3.00. The van der Waals surface area contributed by atoms with E-state index in [9.17, 15) is 14.7 Å². The second-order valence-corrected chi connectivity index (χ2v) is 6.70. The highest BCUT2D eigenvalue weighted by Crippen LogP contribution is 2.24. The Kier molecular flexibility index (Phi) is 8.26. The maximum Gasteiger partial charge on any atom is 0.315 e. The maximum absolute atomic E-state index is 11.7. The molecule has 0 fully saturated rings. The fourth-order valence-corrected chi connectivity index (χ4v) is 2.06. The first-order valence-corrected chi connectivity index (χ1v) is 7.43. The molecule has 20 heavy (non-hydrogen) atoms. The maximum atomic E-state index is 11.7. The second-order valence-electron chi connectivity index (χ2n) is 6.70. The van der Waals surface area contributed by atoms with Crippen LogP contribution in [-0.4, -0.2) is 29.7 Å². The summed E-state index contributed by atoms with van der Waals surface area (Å²) in [5, 5.41) is 14.7. The van der Waals surface area contributed by atoms with E-state index in [0.29, 0.717) is 6.42 Å². The van der Waals surface area contributed by atoms with Gasteiger partial charge in [0.2, 0.25) is 0 Å². The molecule has 0 aliphatic carbocycles. The van der Waals surface area contributed by atoms with Crippen molar-refractivity contribution in [3.05, 3.63) is 0 Å². The topological polar surface area (TPSA) is 78.4 Å². The van der Waals surface area contributed by atoms with E-state index >= 15 is 0 Å². The van der Waals surface area contributed by atoms with Gasteiger partial charge in [-0.1, -0.05) is 40.5 Å². The van der Waals surface area contributed by atoms with E-state index < -0.39 is 11.9 Å². The number of hydrogen-bond donors (Lipinski definition) is 3. The third kappa shape index (κ3) is 9.64. The lowest BCUT2D eigenvalue weighted by molar-refractivity contribution is -0.142. The monoisotopic (exact) mass is 286 g/mol. The Hall–Kier alpha value is -1.26. The SMILES string of the molecule is CCCCC(C)NC(=O)NCC(CC(C)(C)C)C(=O)O. The quantitative estimate of drug-likeness (QED) is 0.642. The molecule has 3 N–H and O–H groups in total. The summed E-state index contributed by atoms with van der Waals surface area (Å²) in [5.74, 6) is -1.41. The minimum absolute atomic E-state index is 0.0738. The van der Waals surface area contributed by atoms with Gasteiger partial charge in [0.1, 0.15) is 0 Å². The Bertz CT molecular complexity index is 311. The van der Waals surface area contributed by atoms with Crippen LogP contribution in [0.1, 0.15) is 60.3 Å². The van der Waals surface area contributed by atoms with Gasteiger partial charge in [-0.2, -0.15) is 0 Å². The molecule has 0 saturated heterocycles. The van der Waals surface area contributed by atoms with Gasteiger partial charge in [-0.25, -0.2) is 4.79 Å². The van der Waals surface area contributed by atoms with E-state index in [0.717, 1.165) is 19.3 Å². The molecule has 2 unspecified atom stereocenters. The smallest absolute Gasteiger partial charge is 0.315 e. The van der Waals surface area contributed by atoms with Crippen molar-refractivity contribution in [3.8, 4) is 0 Å². The number of hydrogen-bond acceptors (Lipinski definition) is 2. The summed E-state index contributed by atoms with van der Waals surface area (Å²) in [7, 11) is 0. The fraction of sp³-hybridized carbons (Fsp3) is 0.867. The summed E-state index contributed by atoms with van der Waals surface area (Å²) in [4.78, 5) is 22.9. The molecule has 0 bridgehead atoms. The average Bonchev–Trinajstić information content (AvgIpc) is 2.30. The molecule has 0 aliphatic heterocycles. The molecule has 0 spiro atoms. The van der Waals surface area contributed by atoms with Gasteiger partial charge in [0.25, 0.3) is 0 Å². The summed E-state index contributed by atoms with van der Waals surface area (Å²) in [5.41, 5.74) is -0.0738. The van der Waals surface area contributed by atoms with E-state index in [1.807, 2.05) is 27.7 Å². The van der Waals surface area contributed by atoms with Gasteiger partial charge >= 0.3 is 12.0 Å². The van der Waals surface area contributed by atoms with E-state index in [4.69, 9.17) is 0 Å². The zero-order chi connectivity index (χ0) is 15.8. The summed E-state index contributed by atoms with van der Waals surface area (Å²) in [6.45, 7) is 10.2. The van der Waals surface area contributed by atoms with Crippen LogP contribution in [0.4, 0.5) is 4.79 Å². The molecular weight excluding hydrogens is 256 g/mol. The van der Waals surface area contributed by atoms with Crippen LogP contribution >= 0.6 is 0 Å². The third-order valence-electron chi connectivity index (χ3n) is 3.09. The normalized spacial score (nSPS) is 14.4. The third-order valence-corrected chi connectivity index (χ3v) is 3.09. The van der Waals surface area contributed by atoms with Crippen LogP contribution < -0.4 is 10.6 Å². The van der Waals surface area contributed by atoms with Crippen LogP contribution in [0, 0.1) is 11.3 Å². The molecule has 0 saturated carbocycles.